The molecule has 1 fully saturated rings. The lowest BCUT2D eigenvalue weighted by Crippen LogP contribution is -2.58. The molecule has 0 aliphatic carbocycles. The number of halogens is 2. The Morgan fingerprint density at radius 3 is 2.50 bits per heavy atom. The first kappa shape index (κ1) is 21.4. The highest BCUT2D eigenvalue weighted by Gasteiger charge is 2.33. The molecule has 1 saturated heterocycles. The topological polar surface area (TPSA) is 71.5 Å². The SMILES string of the molecule is O=C1NCCN(C(=O)COc2ccc(F)cc2F)[C@@H]1Cc1ccc(-c2ccncc2)cc1. The van der Waals surface area contributed by atoms with Crippen LogP contribution in [0.4, 0.5) is 8.78 Å². The third kappa shape index (κ3) is 4.91. The number of ether oxygens (including phenoxy) is 1. The van der Waals surface area contributed by atoms with Gasteiger partial charge >= 0.3 is 0 Å². The Labute approximate surface area is 183 Å². The molecule has 2 amide bonds. The van der Waals surface area contributed by atoms with Crippen LogP contribution < -0.4 is 10.1 Å². The van der Waals surface area contributed by atoms with Crippen LogP contribution in [0.15, 0.2) is 67.0 Å². The molecule has 6 nitrogen and oxygen atoms in total. The average molecular weight is 437 g/mol. The number of rotatable bonds is 6. The lowest BCUT2D eigenvalue weighted by atomic mass is 9.99. The summed E-state index contributed by atoms with van der Waals surface area (Å²) in [6.07, 6.45) is 3.77. The second kappa shape index (κ2) is 9.55. The summed E-state index contributed by atoms with van der Waals surface area (Å²) in [7, 11) is 0. The molecule has 0 spiro atoms. The van der Waals surface area contributed by atoms with Gasteiger partial charge in [0.1, 0.15) is 11.9 Å². The Hall–Kier alpha value is -3.81. The van der Waals surface area contributed by atoms with Crippen LogP contribution in [0.5, 0.6) is 5.75 Å². The number of carbonyl (C=O) groups is 2. The minimum atomic E-state index is -0.889. The summed E-state index contributed by atoms with van der Waals surface area (Å²) in [5.74, 6) is -2.54. The van der Waals surface area contributed by atoms with E-state index in [1.807, 2.05) is 36.4 Å². The molecular formula is C24H21F2N3O3. The van der Waals surface area contributed by atoms with Gasteiger partial charge in [-0.25, -0.2) is 8.78 Å². The summed E-state index contributed by atoms with van der Waals surface area (Å²) in [6.45, 7) is 0.194. The number of benzene rings is 2. The minimum Gasteiger partial charge on any atom is -0.481 e. The van der Waals surface area contributed by atoms with Crippen molar-refractivity contribution in [3.8, 4) is 16.9 Å². The second-order valence-electron chi connectivity index (χ2n) is 7.39. The maximum Gasteiger partial charge on any atom is 0.261 e. The van der Waals surface area contributed by atoms with Crippen LogP contribution in [0.25, 0.3) is 11.1 Å². The van der Waals surface area contributed by atoms with E-state index in [4.69, 9.17) is 4.74 Å². The Morgan fingerprint density at radius 2 is 1.78 bits per heavy atom. The first-order chi connectivity index (χ1) is 15.5. The van der Waals surface area contributed by atoms with Crippen molar-refractivity contribution >= 4 is 11.8 Å². The number of carbonyl (C=O) groups excluding carboxylic acids is 2. The third-order valence-corrected chi connectivity index (χ3v) is 5.29. The first-order valence-corrected chi connectivity index (χ1v) is 10.2. The van der Waals surface area contributed by atoms with Gasteiger partial charge in [-0.3, -0.25) is 14.6 Å². The molecule has 0 saturated carbocycles. The van der Waals surface area contributed by atoms with E-state index < -0.39 is 30.2 Å². The summed E-state index contributed by atoms with van der Waals surface area (Å²) in [6, 6.07) is 13.7. The van der Waals surface area contributed by atoms with Gasteiger partial charge in [-0.2, -0.15) is 0 Å². The van der Waals surface area contributed by atoms with Gasteiger partial charge < -0.3 is 15.0 Å². The average Bonchev–Trinajstić information content (AvgIpc) is 2.81. The molecule has 1 aliphatic rings. The number of nitrogens with one attached hydrogen (secondary N) is 1. The van der Waals surface area contributed by atoms with E-state index in [0.717, 1.165) is 28.8 Å². The Morgan fingerprint density at radius 1 is 1.06 bits per heavy atom. The van der Waals surface area contributed by atoms with Crippen LogP contribution in [-0.2, 0) is 16.0 Å². The van der Waals surface area contributed by atoms with Crippen LogP contribution in [0.2, 0.25) is 0 Å². The van der Waals surface area contributed by atoms with Crippen LogP contribution in [-0.4, -0.2) is 47.4 Å². The maximum absolute atomic E-state index is 13.8. The van der Waals surface area contributed by atoms with Crippen molar-refractivity contribution in [2.24, 2.45) is 0 Å². The van der Waals surface area contributed by atoms with Crippen molar-refractivity contribution in [3.63, 3.8) is 0 Å². The summed E-state index contributed by atoms with van der Waals surface area (Å²) in [5, 5.41) is 2.78. The predicted octanol–water partition coefficient (Wildman–Crippen LogP) is 2.98. The smallest absolute Gasteiger partial charge is 0.261 e. The van der Waals surface area contributed by atoms with Gasteiger partial charge in [0.2, 0.25) is 5.91 Å². The molecule has 8 heteroatoms. The van der Waals surface area contributed by atoms with Gasteiger partial charge in [0.15, 0.2) is 18.2 Å². The molecule has 4 rings (SSSR count). The monoisotopic (exact) mass is 437 g/mol. The Bertz CT molecular complexity index is 1110. The number of piperazine rings is 1. The van der Waals surface area contributed by atoms with E-state index >= 15 is 0 Å². The number of hydrogen-bond donors (Lipinski definition) is 1. The quantitative estimate of drug-likeness (QED) is 0.644. The highest BCUT2D eigenvalue weighted by molar-refractivity contribution is 5.89. The lowest BCUT2D eigenvalue weighted by molar-refractivity contribution is -0.144. The minimum absolute atomic E-state index is 0.218. The zero-order valence-electron chi connectivity index (χ0n) is 17.1. The van der Waals surface area contributed by atoms with E-state index in [1.165, 1.54) is 4.90 Å². The van der Waals surface area contributed by atoms with Gasteiger partial charge in [-0.05, 0) is 41.0 Å². The van der Waals surface area contributed by atoms with Gasteiger partial charge in [0.25, 0.3) is 5.91 Å². The van der Waals surface area contributed by atoms with Gasteiger partial charge in [0.05, 0.1) is 0 Å². The van der Waals surface area contributed by atoms with Crippen molar-refractivity contribution in [1.82, 2.24) is 15.2 Å². The number of aromatic nitrogens is 1. The highest BCUT2D eigenvalue weighted by Crippen LogP contribution is 2.21. The number of pyridine rings is 1. The third-order valence-electron chi connectivity index (χ3n) is 5.29. The number of hydrogen-bond acceptors (Lipinski definition) is 4. The van der Waals surface area contributed by atoms with Crippen LogP contribution in [0.1, 0.15) is 5.56 Å². The standard InChI is InChI=1S/C24H21F2N3O3/c25-19-5-6-22(20(26)14-19)32-15-23(30)29-12-11-28-24(31)21(29)13-16-1-3-17(4-2-16)18-7-9-27-10-8-18/h1-10,14,21H,11-13,15H2,(H,28,31)/t21-/m1/s1. The number of nitrogens with zero attached hydrogens (tertiary/aromatic N) is 2. The summed E-state index contributed by atoms with van der Waals surface area (Å²) >= 11 is 0. The largest absolute Gasteiger partial charge is 0.481 e. The molecule has 1 atom stereocenters. The molecule has 3 aromatic rings. The van der Waals surface area contributed by atoms with E-state index in [-0.39, 0.29) is 11.7 Å². The Balaban J connectivity index is 1.44. The molecule has 0 radical (unpaired) electrons. The van der Waals surface area contributed by atoms with Crippen LogP contribution in [0, 0.1) is 11.6 Å². The molecule has 2 heterocycles. The van der Waals surface area contributed by atoms with Gasteiger partial charge in [0, 0.05) is 38.0 Å². The number of amides is 2. The molecule has 1 aromatic heterocycles. The molecule has 1 N–H and O–H groups in total. The van der Waals surface area contributed by atoms with Crippen LogP contribution in [0.3, 0.4) is 0 Å². The first-order valence-electron chi connectivity index (χ1n) is 10.2. The molecule has 0 unspecified atom stereocenters. The predicted molar refractivity (Wildman–Crippen MR) is 114 cm³/mol. The Kier molecular flexibility index (Phi) is 6.39. The van der Waals surface area contributed by atoms with E-state index in [2.05, 4.69) is 10.3 Å². The van der Waals surface area contributed by atoms with Crippen molar-refractivity contribution in [2.75, 3.05) is 19.7 Å². The zero-order valence-corrected chi connectivity index (χ0v) is 17.1. The fourth-order valence-electron chi connectivity index (χ4n) is 3.63. The normalized spacial score (nSPS) is 15.9. The van der Waals surface area contributed by atoms with Crippen LogP contribution >= 0.6 is 0 Å². The molecule has 164 valence electrons. The lowest BCUT2D eigenvalue weighted by Gasteiger charge is -2.35. The maximum atomic E-state index is 13.8. The van der Waals surface area contributed by atoms with Crippen molar-refractivity contribution in [3.05, 3.63) is 84.2 Å². The molecule has 2 aromatic carbocycles. The van der Waals surface area contributed by atoms with Crippen molar-refractivity contribution in [2.45, 2.75) is 12.5 Å². The molecule has 32 heavy (non-hydrogen) atoms. The zero-order chi connectivity index (χ0) is 22.5. The molecule has 0 bridgehead atoms. The summed E-state index contributed by atoms with van der Waals surface area (Å²) < 4.78 is 32.0. The fraction of sp³-hybridized carbons (Fsp3) is 0.208. The van der Waals surface area contributed by atoms with Gasteiger partial charge in [-0.15, -0.1) is 0 Å². The van der Waals surface area contributed by atoms with E-state index in [1.54, 1.807) is 12.4 Å². The molecule has 1 aliphatic heterocycles. The van der Waals surface area contributed by atoms with E-state index in [0.29, 0.717) is 25.6 Å². The van der Waals surface area contributed by atoms with Gasteiger partial charge in [-0.1, -0.05) is 24.3 Å². The van der Waals surface area contributed by atoms with Crippen molar-refractivity contribution in [1.29, 1.82) is 0 Å². The second-order valence-corrected chi connectivity index (χ2v) is 7.39. The summed E-state index contributed by atoms with van der Waals surface area (Å²) in [4.78, 5) is 30.7. The van der Waals surface area contributed by atoms with E-state index in [9.17, 15) is 18.4 Å². The fourth-order valence-corrected chi connectivity index (χ4v) is 3.63. The summed E-state index contributed by atoms with van der Waals surface area (Å²) in [5.41, 5.74) is 2.95. The molecular weight excluding hydrogens is 416 g/mol. The van der Waals surface area contributed by atoms with Crippen molar-refractivity contribution < 1.29 is 23.1 Å². The highest BCUT2D eigenvalue weighted by atomic mass is 19.1.